The molecule has 16 heavy (non-hydrogen) atoms. The first-order valence-corrected chi connectivity index (χ1v) is 6.03. The number of hydrogen-bond acceptors (Lipinski definition) is 0. The Hall–Kier alpha value is -1.37. The Labute approximate surface area is 97.7 Å². The van der Waals surface area contributed by atoms with Crippen molar-refractivity contribution < 1.29 is 4.57 Å². The molecule has 0 amide bonds. The van der Waals surface area contributed by atoms with E-state index in [0.717, 1.165) is 0 Å². The van der Waals surface area contributed by atoms with E-state index in [9.17, 15) is 0 Å². The summed E-state index contributed by atoms with van der Waals surface area (Å²) in [6, 6.07) is 9.16. The number of nitrogens with zero attached hydrogens (tertiary/aromatic N) is 1. The number of hydrogen-bond donors (Lipinski definition) is 0. The van der Waals surface area contributed by atoms with Gasteiger partial charge in [-0.05, 0) is 31.2 Å². The summed E-state index contributed by atoms with van der Waals surface area (Å²) < 4.78 is 2.30. The van der Waals surface area contributed by atoms with Gasteiger partial charge >= 0.3 is 0 Å². The van der Waals surface area contributed by atoms with Crippen molar-refractivity contribution >= 4 is 10.8 Å². The maximum absolute atomic E-state index is 2.30. The van der Waals surface area contributed by atoms with Crippen LogP contribution in [-0.2, 0) is 0 Å². The molecule has 0 unspecified atom stereocenters. The molecular weight excluding hydrogens is 194 g/mol. The lowest BCUT2D eigenvalue weighted by atomic mass is 9.98. The van der Waals surface area contributed by atoms with Gasteiger partial charge in [-0.3, -0.25) is 0 Å². The van der Waals surface area contributed by atoms with Gasteiger partial charge in [-0.15, -0.1) is 0 Å². The summed E-state index contributed by atoms with van der Waals surface area (Å²) in [4.78, 5) is 0. The Morgan fingerprint density at radius 3 is 2.25 bits per heavy atom. The highest BCUT2D eigenvalue weighted by molar-refractivity contribution is 5.84. The first-order valence-electron chi connectivity index (χ1n) is 6.03. The molecule has 1 nitrogen and oxygen atoms in total. The summed E-state index contributed by atoms with van der Waals surface area (Å²) in [6.07, 6.45) is 4.53. The van der Waals surface area contributed by atoms with Crippen LogP contribution in [0.1, 0.15) is 45.2 Å². The zero-order valence-corrected chi connectivity index (χ0v) is 10.6. The van der Waals surface area contributed by atoms with E-state index in [-0.39, 0.29) is 0 Å². The summed E-state index contributed by atoms with van der Waals surface area (Å²) in [5, 5.41) is 2.72. The van der Waals surface area contributed by atoms with Crippen molar-refractivity contribution in [3.8, 4) is 0 Å². The predicted molar refractivity (Wildman–Crippen MR) is 68.6 cm³/mol. The fraction of sp³-hybridized carbons (Fsp3) is 0.400. The van der Waals surface area contributed by atoms with Crippen molar-refractivity contribution in [2.24, 2.45) is 0 Å². The Morgan fingerprint density at radius 1 is 0.938 bits per heavy atom. The lowest BCUT2D eigenvalue weighted by Crippen LogP contribution is -2.36. The smallest absolute Gasteiger partial charge is 0.176 e. The Balaban J connectivity index is 2.74. The zero-order valence-electron chi connectivity index (χ0n) is 10.6. The molecule has 0 aliphatic heterocycles. The van der Waals surface area contributed by atoms with Crippen LogP contribution in [0.25, 0.3) is 10.8 Å². The largest absolute Gasteiger partial charge is 0.202 e. The van der Waals surface area contributed by atoms with Crippen molar-refractivity contribution in [2.45, 2.75) is 39.7 Å². The van der Waals surface area contributed by atoms with Crippen molar-refractivity contribution in [2.75, 3.05) is 0 Å². The third-order valence-electron chi connectivity index (χ3n) is 3.07. The first-order chi connectivity index (χ1) is 7.59. The van der Waals surface area contributed by atoms with Gasteiger partial charge in [0.2, 0.25) is 0 Å². The molecule has 2 rings (SSSR count). The third-order valence-corrected chi connectivity index (χ3v) is 3.07. The van der Waals surface area contributed by atoms with Crippen LogP contribution in [0.15, 0.2) is 36.7 Å². The molecule has 0 radical (unpaired) electrons. The molecule has 1 aromatic heterocycles. The number of benzene rings is 1. The molecule has 0 spiro atoms. The van der Waals surface area contributed by atoms with Gasteiger partial charge in [-0.2, -0.15) is 0 Å². The first kappa shape index (κ1) is 11.1. The fourth-order valence-electron chi connectivity index (χ4n) is 2.06. The molecule has 2 aromatic rings. The molecule has 0 aliphatic carbocycles. The van der Waals surface area contributed by atoms with Crippen LogP contribution in [0.3, 0.4) is 0 Å². The molecule has 1 heteroatoms. The van der Waals surface area contributed by atoms with Gasteiger partial charge in [0.1, 0.15) is 0 Å². The highest BCUT2D eigenvalue weighted by Crippen LogP contribution is 2.23. The number of rotatable bonds is 2. The van der Waals surface area contributed by atoms with Gasteiger partial charge < -0.3 is 0 Å². The van der Waals surface area contributed by atoms with Gasteiger partial charge in [-0.25, -0.2) is 4.57 Å². The molecule has 1 aromatic carbocycles. The lowest BCUT2D eigenvalue weighted by Gasteiger charge is -2.10. The summed E-state index contributed by atoms with van der Waals surface area (Å²) in [5.74, 6) is 0.566. The fourth-order valence-corrected chi connectivity index (χ4v) is 2.06. The summed E-state index contributed by atoms with van der Waals surface area (Å²) in [7, 11) is 0. The summed E-state index contributed by atoms with van der Waals surface area (Å²) in [5.41, 5.74) is 1.44. The number of pyridine rings is 1. The van der Waals surface area contributed by atoms with Crippen LogP contribution in [0.4, 0.5) is 0 Å². The zero-order chi connectivity index (χ0) is 11.7. The molecule has 0 bridgehead atoms. The van der Waals surface area contributed by atoms with Crippen LogP contribution in [0, 0.1) is 0 Å². The monoisotopic (exact) mass is 214 g/mol. The minimum absolute atomic E-state index is 0.516. The van der Waals surface area contributed by atoms with Crippen LogP contribution in [-0.4, -0.2) is 0 Å². The normalized spacial score (nSPS) is 11.6. The number of aromatic nitrogens is 1. The van der Waals surface area contributed by atoms with Crippen LogP contribution < -0.4 is 4.57 Å². The van der Waals surface area contributed by atoms with E-state index >= 15 is 0 Å². The molecule has 1 heterocycles. The second-order valence-electron chi connectivity index (χ2n) is 5.00. The molecular formula is C15H20N+. The van der Waals surface area contributed by atoms with Crippen molar-refractivity contribution in [1.29, 1.82) is 0 Å². The topological polar surface area (TPSA) is 3.88 Å². The maximum atomic E-state index is 2.30. The molecule has 0 N–H and O–H groups in total. The quantitative estimate of drug-likeness (QED) is 0.669. The van der Waals surface area contributed by atoms with Crippen molar-refractivity contribution in [1.82, 2.24) is 0 Å². The predicted octanol–water partition coefficient (Wildman–Crippen LogP) is 3.83. The second kappa shape index (κ2) is 4.25. The minimum atomic E-state index is 0.516. The highest BCUT2D eigenvalue weighted by Gasteiger charge is 2.14. The molecule has 0 aliphatic rings. The van der Waals surface area contributed by atoms with E-state index in [0.29, 0.717) is 12.0 Å². The van der Waals surface area contributed by atoms with E-state index in [1.807, 2.05) is 0 Å². The van der Waals surface area contributed by atoms with E-state index in [4.69, 9.17) is 0 Å². The molecule has 0 saturated carbocycles. The van der Waals surface area contributed by atoms with Crippen LogP contribution >= 0.6 is 0 Å². The average Bonchev–Trinajstić information content (AvgIpc) is 2.27. The molecule has 0 atom stereocenters. The Bertz CT molecular complexity index is 498. The molecule has 0 saturated heterocycles. The van der Waals surface area contributed by atoms with Gasteiger partial charge in [0.05, 0.1) is 0 Å². The summed E-state index contributed by atoms with van der Waals surface area (Å²) >= 11 is 0. The Kier molecular flexibility index (Phi) is 2.95. The van der Waals surface area contributed by atoms with Gasteiger partial charge in [0.15, 0.2) is 18.4 Å². The van der Waals surface area contributed by atoms with E-state index in [2.05, 4.69) is 68.9 Å². The SMILES string of the molecule is CC(C)c1c[n+](C(C)C)cc2ccccc12. The standard InChI is InChI=1S/C15H20N/c1-11(2)15-10-16(12(3)4)9-13-7-5-6-8-14(13)15/h5-12H,1-4H3/q+1. The molecule has 0 fully saturated rings. The Morgan fingerprint density at radius 2 is 1.62 bits per heavy atom. The van der Waals surface area contributed by atoms with Crippen LogP contribution in [0.5, 0.6) is 0 Å². The minimum Gasteiger partial charge on any atom is -0.202 e. The molecule has 84 valence electrons. The van der Waals surface area contributed by atoms with E-state index in [1.165, 1.54) is 16.3 Å². The lowest BCUT2D eigenvalue weighted by molar-refractivity contribution is -0.715. The second-order valence-corrected chi connectivity index (χ2v) is 5.00. The third kappa shape index (κ3) is 1.95. The van der Waals surface area contributed by atoms with Crippen molar-refractivity contribution in [3.63, 3.8) is 0 Å². The summed E-state index contributed by atoms with van der Waals surface area (Å²) in [6.45, 7) is 8.96. The average molecular weight is 214 g/mol. The maximum Gasteiger partial charge on any atom is 0.176 e. The van der Waals surface area contributed by atoms with E-state index < -0.39 is 0 Å². The highest BCUT2D eigenvalue weighted by atomic mass is 15.0. The van der Waals surface area contributed by atoms with Crippen molar-refractivity contribution in [3.05, 3.63) is 42.2 Å². The number of fused-ring (bicyclic) bond motifs is 1. The van der Waals surface area contributed by atoms with Crippen LogP contribution in [0.2, 0.25) is 0 Å². The van der Waals surface area contributed by atoms with E-state index in [1.54, 1.807) is 0 Å². The van der Waals surface area contributed by atoms with Gasteiger partial charge in [-0.1, -0.05) is 32.0 Å². The van der Waals surface area contributed by atoms with Gasteiger partial charge in [0.25, 0.3) is 0 Å². The van der Waals surface area contributed by atoms with Gasteiger partial charge in [0, 0.05) is 10.9 Å².